The molecule has 0 spiro atoms. The molecule has 1 N–H and O–H groups in total. The van der Waals surface area contributed by atoms with Gasteiger partial charge in [-0.15, -0.1) is 0 Å². The zero-order valence-corrected chi connectivity index (χ0v) is 15.7. The Morgan fingerprint density at radius 1 is 1.30 bits per heavy atom. The lowest BCUT2D eigenvalue weighted by Gasteiger charge is -2.14. The van der Waals surface area contributed by atoms with Crippen LogP contribution in [0.15, 0.2) is 24.7 Å². The van der Waals surface area contributed by atoms with Crippen LogP contribution in [0.3, 0.4) is 0 Å². The first-order valence-electron chi connectivity index (χ1n) is 8.13. The summed E-state index contributed by atoms with van der Waals surface area (Å²) in [6, 6.07) is 3.15. The first kappa shape index (κ1) is 18.7. The second kappa shape index (κ2) is 7.67. The molecule has 10 heteroatoms. The van der Waals surface area contributed by atoms with E-state index in [0.29, 0.717) is 27.9 Å². The van der Waals surface area contributed by atoms with Crippen molar-refractivity contribution in [3.05, 3.63) is 46.6 Å². The van der Waals surface area contributed by atoms with Crippen LogP contribution in [0.25, 0.3) is 5.78 Å². The molecular weight excluding hydrogens is 372 g/mol. The van der Waals surface area contributed by atoms with Crippen LogP contribution < -0.4 is 5.32 Å². The molecule has 1 atom stereocenters. The number of rotatable bonds is 5. The Labute approximate surface area is 159 Å². The molecule has 3 aromatic heterocycles. The highest BCUT2D eigenvalue weighted by Gasteiger charge is 2.21. The van der Waals surface area contributed by atoms with Gasteiger partial charge in [-0.3, -0.25) is 9.59 Å². The lowest BCUT2D eigenvalue weighted by Crippen LogP contribution is -2.31. The Bertz CT molecular complexity index is 1000. The fraction of sp³-hybridized carbons (Fsp3) is 0.294. The monoisotopic (exact) mass is 388 g/mol. The predicted octanol–water partition coefficient (Wildman–Crippen LogP) is 1.90. The number of aryl methyl sites for hydroxylation is 2. The van der Waals surface area contributed by atoms with Gasteiger partial charge in [0, 0.05) is 23.1 Å². The summed E-state index contributed by atoms with van der Waals surface area (Å²) >= 11 is 5.75. The number of carbonyl (C=O) groups is 2. The molecule has 3 rings (SSSR count). The maximum absolute atomic E-state index is 12.3. The number of carbonyl (C=O) groups excluding carboxylic acids is 2. The average molecular weight is 389 g/mol. The second-order valence-electron chi connectivity index (χ2n) is 5.89. The van der Waals surface area contributed by atoms with Gasteiger partial charge in [-0.2, -0.15) is 10.1 Å². The van der Waals surface area contributed by atoms with E-state index in [-0.39, 0.29) is 6.42 Å². The van der Waals surface area contributed by atoms with Crippen molar-refractivity contribution in [3.63, 3.8) is 0 Å². The molecule has 0 unspecified atom stereocenters. The molecule has 0 aliphatic rings. The van der Waals surface area contributed by atoms with Crippen molar-refractivity contribution in [1.82, 2.24) is 24.6 Å². The number of nitrogens with zero attached hydrogens (tertiary/aromatic N) is 5. The fourth-order valence-electron chi connectivity index (χ4n) is 2.53. The fourth-order valence-corrected chi connectivity index (χ4v) is 2.64. The molecule has 140 valence electrons. The summed E-state index contributed by atoms with van der Waals surface area (Å²) < 4.78 is 6.79. The quantitative estimate of drug-likeness (QED) is 0.664. The third kappa shape index (κ3) is 4.20. The van der Waals surface area contributed by atoms with Crippen molar-refractivity contribution in [2.24, 2.45) is 0 Å². The summed E-state index contributed by atoms with van der Waals surface area (Å²) in [6.45, 7) is 5.09. The topological polar surface area (TPSA) is 111 Å². The van der Waals surface area contributed by atoms with Crippen LogP contribution in [-0.4, -0.2) is 42.5 Å². The maximum Gasteiger partial charge on any atom is 0.311 e. The zero-order chi connectivity index (χ0) is 19.6. The van der Waals surface area contributed by atoms with E-state index >= 15 is 0 Å². The van der Waals surface area contributed by atoms with E-state index < -0.39 is 18.0 Å². The van der Waals surface area contributed by atoms with Crippen molar-refractivity contribution in [2.45, 2.75) is 33.3 Å². The highest BCUT2D eigenvalue weighted by atomic mass is 35.5. The number of ether oxygens (including phenoxy) is 1. The van der Waals surface area contributed by atoms with E-state index in [2.05, 4.69) is 25.4 Å². The number of amides is 1. The summed E-state index contributed by atoms with van der Waals surface area (Å²) in [4.78, 5) is 36.8. The molecule has 0 aliphatic carbocycles. The van der Waals surface area contributed by atoms with Crippen molar-refractivity contribution in [3.8, 4) is 0 Å². The second-order valence-corrected chi connectivity index (χ2v) is 6.33. The van der Waals surface area contributed by atoms with Gasteiger partial charge in [-0.05, 0) is 32.9 Å². The van der Waals surface area contributed by atoms with E-state index in [4.69, 9.17) is 16.3 Å². The minimum absolute atomic E-state index is 0.0305. The van der Waals surface area contributed by atoms with Crippen LogP contribution in [0.1, 0.15) is 23.9 Å². The standard InChI is InChI=1S/C17H17ClN6O3/c1-9-13(10(2)24-17(22-9)20-8-21-24)6-15(25)27-11(3)16(26)23-14-5-4-12(18)7-19-14/h4-5,7-8,11H,6H2,1-3H3,(H,19,23,26)/t11-/m0/s1. The molecule has 0 bridgehead atoms. The molecule has 0 aromatic carbocycles. The summed E-state index contributed by atoms with van der Waals surface area (Å²) in [7, 11) is 0. The number of fused-ring (bicyclic) bond motifs is 1. The van der Waals surface area contributed by atoms with Gasteiger partial charge in [0.2, 0.25) is 0 Å². The van der Waals surface area contributed by atoms with Crippen LogP contribution in [0.2, 0.25) is 5.02 Å². The zero-order valence-electron chi connectivity index (χ0n) is 14.9. The number of hydrogen-bond donors (Lipinski definition) is 1. The summed E-state index contributed by atoms with van der Waals surface area (Å²) in [5.41, 5.74) is 2.09. The largest absolute Gasteiger partial charge is 0.452 e. The molecule has 0 saturated carbocycles. The minimum Gasteiger partial charge on any atom is -0.452 e. The van der Waals surface area contributed by atoms with Crippen molar-refractivity contribution in [1.29, 1.82) is 0 Å². The Morgan fingerprint density at radius 3 is 2.78 bits per heavy atom. The predicted molar refractivity (Wildman–Crippen MR) is 97.4 cm³/mol. The highest BCUT2D eigenvalue weighted by Crippen LogP contribution is 2.15. The van der Waals surface area contributed by atoms with Crippen molar-refractivity contribution >= 4 is 35.1 Å². The van der Waals surface area contributed by atoms with E-state index in [0.717, 1.165) is 5.69 Å². The van der Waals surface area contributed by atoms with Gasteiger partial charge in [-0.1, -0.05) is 11.6 Å². The van der Waals surface area contributed by atoms with Crippen molar-refractivity contribution < 1.29 is 14.3 Å². The van der Waals surface area contributed by atoms with Gasteiger partial charge in [0.1, 0.15) is 12.1 Å². The summed E-state index contributed by atoms with van der Waals surface area (Å²) in [5.74, 6) is -0.254. The third-order valence-corrected chi connectivity index (χ3v) is 4.19. The molecule has 3 heterocycles. The van der Waals surface area contributed by atoms with Gasteiger partial charge in [0.05, 0.1) is 11.4 Å². The Kier molecular flexibility index (Phi) is 5.31. The maximum atomic E-state index is 12.3. The number of nitrogens with one attached hydrogen (secondary N) is 1. The van der Waals surface area contributed by atoms with E-state index in [1.165, 1.54) is 19.4 Å². The minimum atomic E-state index is -0.987. The van der Waals surface area contributed by atoms with E-state index in [9.17, 15) is 9.59 Å². The van der Waals surface area contributed by atoms with Gasteiger partial charge < -0.3 is 10.1 Å². The lowest BCUT2D eigenvalue weighted by atomic mass is 10.1. The van der Waals surface area contributed by atoms with Gasteiger partial charge in [0.15, 0.2) is 6.10 Å². The molecule has 0 radical (unpaired) electrons. The average Bonchev–Trinajstić information content (AvgIpc) is 3.09. The van der Waals surface area contributed by atoms with Gasteiger partial charge in [-0.25, -0.2) is 14.5 Å². The Balaban J connectivity index is 1.65. The molecule has 27 heavy (non-hydrogen) atoms. The van der Waals surface area contributed by atoms with Gasteiger partial charge in [0.25, 0.3) is 11.7 Å². The molecule has 0 saturated heterocycles. The van der Waals surface area contributed by atoms with Crippen LogP contribution in [-0.2, 0) is 20.7 Å². The van der Waals surface area contributed by atoms with E-state index in [1.807, 2.05) is 6.92 Å². The molecule has 3 aromatic rings. The smallest absolute Gasteiger partial charge is 0.311 e. The third-order valence-electron chi connectivity index (χ3n) is 3.97. The normalized spacial score (nSPS) is 12.0. The van der Waals surface area contributed by atoms with Crippen LogP contribution >= 0.6 is 11.6 Å². The Hall–Kier alpha value is -3.07. The summed E-state index contributed by atoms with van der Waals surface area (Å²) in [5, 5.41) is 7.10. The molecule has 9 nitrogen and oxygen atoms in total. The van der Waals surface area contributed by atoms with Gasteiger partial charge >= 0.3 is 5.97 Å². The molecule has 0 aliphatic heterocycles. The molecule has 1 amide bonds. The van der Waals surface area contributed by atoms with Crippen molar-refractivity contribution in [2.75, 3.05) is 5.32 Å². The van der Waals surface area contributed by atoms with Crippen LogP contribution in [0, 0.1) is 13.8 Å². The molecular formula is C17H17ClN6O3. The van der Waals surface area contributed by atoms with Crippen LogP contribution in [0.4, 0.5) is 5.82 Å². The lowest BCUT2D eigenvalue weighted by molar-refractivity contribution is -0.152. The number of hydrogen-bond acceptors (Lipinski definition) is 7. The number of anilines is 1. The first-order valence-corrected chi connectivity index (χ1v) is 8.50. The van der Waals surface area contributed by atoms with E-state index in [1.54, 1.807) is 23.6 Å². The number of pyridine rings is 1. The molecule has 0 fully saturated rings. The highest BCUT2D eigenvalue weighted by molar-refractivity contribution is 6.30. The number of halogens is 1. The summed E-state index contributed by atoms with van der Waals surface area (Å²) in [6.07, 6.45) is 1.79. The van der Waals surface area contributed by atoms with Crippen LogP contribution in [0.5, 0.6) is 0 Å². The Morgan fingerprint density at radius 2 is 2.07 bits per heavy atom. The SMILES string of the molecule is Cc1nc2ncnn2c(C)c1CC(=O)O[C@@H](C)C(=O)Nc1ccc(Cl)cn1. The first-order chi connectivity index (χ1) is 12.8. The number of esters is 1. The number of aromatic nitrogens is 5.